The smallest absolute Gasteiger partial charge is 0.0515 e. The number of anilines is 1. The molecule has 4 unspecified atom stereocenters. The van der Waals surface area contributed by atoms with Gasteiger partial charge in [0.15, 0.2) is 0 Å². The first kappa shape index (κ1) is 16.3. The van der Waals surface area contributed by atoms with E-state index in [9.17, 15) is 0 Å². The van der Waals surface area contributed by atoms with Crippen LogP contribution < -0.4 is 4.90 Å². The van der Waals surface area contributed by atoms with Crippen LogP contribution in [0.4, 0.5) is 5.69 Å². The number of hydrogen-bond acceptors (Lipinski definition) is 3. The number of likely N-dealkylation sites (N-methyl/N-ethyl adjacent to an activating group) is 1. The van der Waals surface area contributed by atoms with Crippen molar-refractivity contribution in [3.8, 4) is 0 Å². The van der Waals surface area contributed by atoms with Crippen LogP contribution >= 0.6 is 0 Å². The van der Waals surface area contributed by atoms with Crippen molar-refractivity contribution in [3.63, 3.8) is 0 Å². The number of hydrogen-bond donors (Lipinski definition) is 0. The van der Waals surface area contributed by atoms with Crippen LogP contribution in [0, 0.1) is 13.8 Å². The monoisotopic (exact) mass is 347 g/mol. The third kappa shape index (κ3) is 2.48. The molecule has 4 atom stereocenters. The first-order valence-corrected chi connectivity index (χ1v) is 10.1. The number of nitrogens with zero attached hydrogens (tertiary/aromatic N) is 3. The second kappa shape index (κ2) is 6.09. The van der Waals surface area contributed by atoms with Gasteiger partial charge in [0.25, 0.3) is 0 Å². The van der Waals surface area contributed by atoms with Gasteiger partial charge in [-0.05, 0) is 69.8 Å². The zero-order chi connectivity index (χ0) is 17.8. The lowest BCUT2D eigenvalue weighted by Crippen LogP contribution is -2.54. The molecule has 5 rings (SSSR count). The van der Waals surface area contributed by atoms with E-state index in [0.29, 0.717) is 12.1 Å². The number of aryl methyl sites for hydroxylation is 2. The standard InChI is InChI=1S/C23H29N3/c1-15-4-8-21-19(12-15)20-13-18-7-9-22(25(18)3)23(20)26(21)11-10-17-6-5-16(2)24-14-17/h4-6,8,12,14,18,20,22-23H,7,9-11,13H2,1-3H3. The average Bonchev–Trinajstić information content (AvgIpc) is 3.05. The minimum absolute atomic E-state index is 0.647. The number of rotatable bonds is 3. The van der Waals surface area contributed by atoms with E-state index in [1.807, 2.05) is 0 Å². The van der Waals surface area contributed by atoms with Crippen molar-refractivity contribution in [3.05, 3.63) is 58.9 Å². The molecule has 2 fully saturated rings. The third-order valence-electron chi connectivity index (χ3n) is 7.09. The minimum atomic E-state index is 0.647. The van der Waals surface area contributed by atoms with E-state index in [-0.39, 0.29) is 0 Å². The normalized spacial score (nSPS) is 29.7. The topological polar surface area (TPSA) is 19.4 Å². The van der Waals surface area contributed by atoms with Gasteiger partial charge < -0.3 is 4.90 Å². The van der Waals surface area contributed by atoms with Gasteiger partial charge in [-0.2, -0.15) is 0 Å². The van der Waals surface area contributed by atoms with E-state index in [4.69, 9.17) is 0 Å². The Hall–Kier alpha value is -1.87. The molecule has 0 aliphatic carbocycles. The fourth-order valence-electron chi connectivity index (χ4n) is 5.73. The lowest BCUT2D eigenvalue weighted by molar-refractivity contribution is 0.141. The zero-order valence-corrected chi connectivity index (χ0v) is 16.2. The molecule has 0 radical (unpaired) electrons. The van der Waals surface area contributed by atoms with E-state index < -0.39 is 0 Å². The van der Waals surface area contributed by atoms with Gasteiger partial charge >= 0.3 is 0 Å². The molecule has 0 amide bonds. The maximum absolute atomic E-state index is 4.48. The summed E-state index contributed by atoms with van der Waals surface area (Å²) >= 11 is 0. The predicted octanol–water partition coefficient (Wildman–Crippen LogP) is 4.08. The summed E-state index contributed by atoms with van der Waals surface area (Å²) in [5.41, 5.74) is 6.95. The molecule has 4 heterocycles. The third-order valence-corrected chi connectivity index (χ3v) is 7.09. The zero-order valence-electron chi connectivity index (χ0n) is 16.2. The van der Waals surface area contributed by atoms with Gasteiger partial charge in [0, 0.05) is 42.1 Å². The van der Waals surface area contributed by atoms with E-state index >= 15 is 0 Å². The van der Waals surface area contributed by atoms with E-state index in [2.05, 4.69) is 72.2 Å². The highest BCUT2D eigenvalue weighted by Gasteiger charge is 2.52. The second-order valence-corrected chi connectivity index (χ2v) is 8.61. The van der Waals surface area contributed by atoms with Gasteiger partial charge in [0.1, 0.15) is 0 Å². The van der Waals surface area contributed by atoms with Crippen LogP contribution in [0.5, 0.6) is 0 Å². The summed E-state index contributed by atoms with van der Waals surface area (Å²) in [6.45, 7) is 5.39. The fraction of sp³-hybridized carbons (Fsp3) is 0.522. The number of benzene rings is 1. The van der Waals surface area contributed by atoms with Gasteiger partial charge in [0.05, 0.1) is 6.04 Å². The molecule has 3 aliphatic rings. The van der Waals surface area contributed by atoms with E-state index in [0.717, 1.165) is 30.6 Å². The Kier molecular flexibility index (Phi) is 3.82. The molecular weight excluding hydrogens is 318 g/mol. The highest BCUT2D eigenvalue weighted by molar-refractivity contribution is 5.64. The van der Waals surface area contributed by atoms with Gasteiger partial charge in [-0.25, -0.2) is 0 Å². The van der Waals surface area contributed by atoms with Crippen molar-refractivity contribution >= 4 is 5.69 Å². The number of aromatic nitrogens is 1. The van der Waals surface area contributed by atoms with Gasteiger partial charge in [-0.3, -0.25) is 9.88 Å². The average molecular weight is 348 g/mol. The summed E-state index contributed by atoms with van der Waals surface area (Å²) < 4.78 is 0. The van der Waals surface area contributed by atoms with Crippen molar-refractivity contribution in [1.82, 2.24) is 9.88 Å². The Balaban J connectivity index is 1.47. The van der Waals surface area contributed by atoms with Crippen LogP contribution in [0.25, 0.3) is 0 Å². The number of fused-ring (bicyclic) bond motifs is 6. The van der Waals surface area contributed by atoms with Crippen molar-refractivity contribution in [2.75, 3.05) is 18.5 Å². The van der Waals surface area contributed by atoms with Gasteiger partial charge in [-0.15, -0.1) is 0 Å². The summed E-state index contributed by atoms with van der Waals surface area (Å²) in [5.74, 6) is 0.717. The highest BCUT2D eigenvalue weighted by atomic mass is 15.3. The molecule has 26 heavy (non-hydrogen) atoms. The molecule has 0 N–H and O–H groups in total. The Labute approximate surface area is 157 Å². The van der Waals surface area contributed by atoms with Crippen molar-refractivity contribution in [1.29, 1.82) is 0 Å². The molecule has 1 aromatic carbocycles. The quantitative estimate of drug-likeness (QED) is 0.834. The molecular formula is C23H29N3. The van der Waals surface area contributed by atoms with Crippen LogP contribution in [0.1, 0.15) is 47.6 Å². The Morgan fingerprint density at radius 3 is 2.81 bits per heavy atom. The summed E-state index contributed by atoms with van der Waals surface area (Å²) in [4.78, 5) is 9.90. The molecule has 1 aromatic heterocycles. The maximum atomic E-state index is 4.48. The maximum Gasteiger partial charge on any atom is 0.0515 e. The second-order valence-electron chi connectivity index (χ2n) is 8.61. The Bertz CT molecular complexity index is 813. The fourth-order valence-corrected chi connectivity index (χ4v) is 5.73. The van der Waals surface area contributed by atoms with Gasteiger partial charge in [-0.1, -0.05) is 23.8 Å². The minimum Gasteiger partial charge on any atom is -0.366 e. The Morgan fingerprint density at radius 2 is 2.00 bits per heavy atom. The Morgan fingerprint density at radius 1 is 1.12 bits per heavy atom. The van der Waals surface area contributed by atoms with Crippen LogP contribution in [0.3, 0.4) is 0 Å². The lowest BCUT2D eigenvalue weighted by atomic mass is 9.83. The van der Waals surface area contributed by atoms with Crippen LogP contribution in [0.2, 0.25) is 0 Å². The van der Waals surface area contributed by atoms with Gasteiger partial charge in [0.2, 0.25) is 0 Å². The molecule has 0 saturated carbocycles. The molecule has 3 nitrogen and oxygen atoms in total. The molecule has 2 aromatic rings. The van der Waals surface area contributed by atoms with Crippen LogP contribution in [-0.4, -0.2) is 41.6 Å². The molecule has 2 bridgehead atoms. The molecule has 2 saturated heterocycles. The predicted molar refractivity (Wildman–Crippen MR) is 107 cm³/mol. The first-order chi connectivity index (χ1) is 12.6. The van der Waals surface area contributed by atoms with E-state index in [1.165, 1.54) is 36.1 Å². The van der Waals surface area contributed by atoms with E-state index in [1.54, 1.807) is 5.56 Å². The number of piperidine rings is 1. The molecule has 3 heteroatoms. The molecule has 0 spiro atoms. The van der Waals surface area contributed by atoms with Crippen LogP contribution in [-0.2, 0) is 6.42 Å². The molecule has 136 valence electrons. The summed E-state index contributed by atoms with van der Waals surface area (Å²) in [7, 11) is 2.36. The first-order valence-electron chi connectivity index (χ1n) is 10.1. The highest BCUT2D eigenvalue weighted by Crippen LogP contribution is 2.52. The van der Waals surface area contributed by atoms with Crippen molar-refractivity contribution < 1.29 is 0 Å². The van der Waals surface area contributed by atoms with Crippen molar-refractivity contribution in [2.45, 2.75) is 63.6 Å². The summed E-state index contributed by atoms with van der Waals surface area (Å²) in [5, 5.41) is 0. The summed E-state index contributed by atoms with van der Waals surface area (Å²) in [6, 6.07) is 13.7. The SMILES string of the molecule is Cc1ccc2c(c1)C1CC3CCC(C1N2CCc1ccc(C)nc1)N3C. The van der Waals surface area contributed by atoms with Crippen LogP contribution in [0.15, 0.2) is 36.5 Å². The number of pyridine rings is 1. The molecule has 3 aliphatic heterocycles. The largest absolute Gasteiger partial charge is 0.366 e. The lowest BCUT2D eigenvalue weighted by Gasteiger charge is -2.44. The van der Waals surface area contributed by atoms with Crippen molar-refractivity contribution in [2.24, 2.45) is 0 Å². The summed E-state index contributed by atoms with van der Waals surface area (Å²) in [6.07, 6.45) is 7.20.